The summed E-state index contributed by atoms with van der Waals surface area (Å²) in [6.07, 6.45) is 9.06. The third kappa shape index (κ3) is 9.58. The maximum atomic E-state index is 10.6. The molecule has 0 heterocycles. The molecule has 0 amide bonds. The van der Waals surface area contributed by atoms with Crippen LogP contribution in [-0.4, -0.2) is 17.4 Å². The Balaban J connectivity index is 4.10. The van der Waals surface area contributed by atoms with E-state index in [4.69, 9.17) is 5.11 Å². The minimum absolute atomic E-state index is 0.329. The Labute approximate surface area is 109 Å². The maximum Gasteiger partial charge on any atom is 0.328 e. The molecule has 0 radical (unpaired) electrons. The zero-order valence-electron chi connectivity index (χ0n) is 11.4. The topological polar surface area (TPSA) is 54.4 Å². The molecule has 0 saturated heterocycles. The van der Waals surface area contributed by atoms with Crippen LogP contribution in [0.2, 0.25) is 0 Å². The molecule has 100 valence electrons. The van der Waals surface area contributed by atoms with Crippen LogP contribution in [0.4, 0.5) is 0 Å². The highest BCUT2D eigenvalue weighted by Gasteiger charge is 1.98. The van der Waals surface area contributed by atoms with Crippen LogP contribution in [0.1, 0.15) is 46.5 Å². The predicted molar refractivity (Wildman–Crippen MR) is 73.4 cm³/mol. The summed E-state index contributed by atoms with van der Waals surface area (Å²) in [4.78, 5) is 21.0. The van der Waals surface area contributed by atoms with Crippen molar-refractivity contribution in [3.63, 3.8) is 0 Å². The Hall–Kier alpha value is -1.64. The summed E-state index contributed by atoms with van der Waals surface area (Å²) < 4.78 is 0. The van der Waals surface area contributed by atoms with Gasteiger partial charge in [0.2, 0.25) is 0 Å². The van der Waals surface area contributed by atoms with Crippen LogP contribution in [0.25, 0.3) is 0 Å². The van der Waals surface area contributed by atoms with Crippen LogP contribution >= 0.6 is 0 Å². The molecule has 0 bridgehead atoms. The molecule has 18 heavy (non-hydrogen) atoms. The van der Waals surface area contributed by atoms with E-state index in [0.29, 0.717) is 24.7 Å². The summed E-state index contributed by atoms with van der Waals surface area (Å²) in [5, 5.41) is 8.53. The van der Waals surface area contributed by atoms with Gasteiger partial charge in [-0.3, -0.25) is 4.79 Å². The van der Waals surface area contributed by atoms with Gasteiger partial charge in [0.15, 0.2) is 0 Å². The molecule has 0 aliphatic carbocycles. The van der Waals surface area contributed by atoms with Gasteiger partial charge in [0, 0.05) is 6.08 Å². The van der Waals surface area contributed by atoms with Gasteiger partial charge in [-0.25, -0.2) is 4.79 Å². The number of carbonyl (C=O) groups excluding carboxylic acids is 1. The lowest BCUT2D eigenvalue weighted by atomic mass is 10.1. The molecular formula is C15H22O3. The van der Waals surface area contributed by atoms with E-state index in [9.17, 15) is 9.59 Å². The normalized spacial score (nSPS) is 12.2. The van der Waals surface area contributed by atoms with Gasteiger partial charge >= 0.3 is 5.97 Å². The first-order chi connectivity index (χ1) is 8.45. The zero-order chi connectivity index (χ0) is 14.0. The molecule has 0 atom stereocenters. The van der Waals surface area contributed by atoms with E-state index >= 15 is 0 Å². The number of aldehydes is 1. The Morgan fingerprint density at radius 3 is 2.17 bits per heavy atom. The Morgan fingerprint density at radius 1 is 1.06 bits per heavy atom. The molecule has 0 rings (SSSR count). The zero-order valence-corrected chi connectivity index (χ0v) is 11.4. The average molecular weight is 250 g/mol. The standard InChI is InChI=1S/C15H22O3/c1-12(2)6-4-7-13(3)8-5-9-14(11-16)10-15(17)18/h6,8,10-11H,4-5,7,9H2,1-3H3,(H,17,18)/b13-8-,14-10+. The van der Waals surface area contributed by atoms with Crippen molar-refractivity contribution in [2.45, 2.75) is 46.5 Å². The largest absolute Gasteiger partial charge is 0.478 e. The smallest absolute Gasteiger partial charge is 0.328 e. The predicted octanol–water partition coefficient (Wildman–Crippen LogP) is 3.67. The van der Waals surface area contributed by atoms with Crippen LogP contribution < -0.4 is 0 Å². The number of rotatable bonds is 8. The molecule has 0 aromatic heterocycles. The summed E-state index contributed by atoms with van der Waals surface area (Å²) in [5.74, 6) is -1.07. The molecule has 0 aliphatic heterocycles. The average Bonchev–Trinajstić information content (AvgIpc) is 2.26. The highest BCUT2D eigenvalue weighted by molar-refractivity contribution is 5.88. The van der Waals surface area contributed by atoms with Crippen molar-refractivity contribution in [1.29, 1.82) is 0 Å². The molecule has 0 saturated carbocycles. The van der Waals surface area contributed by atoms with E-state index in [1.54, 1.807) is 0 Å². The molecule has 0 unspecified atom stereocenters. The van der Waals surface area contributed by atoms with Gasteiger partial charge in [-0.15, -0.1) is 0 Å². The second kappa shape index (κ2) is 9.40. The summed E-state index contributed by atoms with van der Waals surface area (Å²) in [6, 6.07) is 0. The summed E-state index contributed by atoms with van der Waals surface area (Å²) in [5.41, 5.74) is 2.92. The fourth-order valence-corrected chi connectivity index (χ4v) is 1.50. The van der Waals surface area contributed by atoms with Crippen LogP contribution in [0.3, 0.4) is 0 Å². The number of hydrogen-bond donors (Lipinski definition) is 1. The van der Waals surface area contributed by atoms with Crippen molar-refractivity contribution < 1.29 is 14.7 Å². The molecule has 3 nitrogen and oxygen atoms in total. The van der Waals surface area contributed by atoms with Crippen molar-refractivity contribution >= 4 is 12.3 Å². The lowest BCUT2D eigenvalue weighted by Crippen LogP contribution is -1.93. The van der Waals surface area contributed by atoms with Crippen molar-refractivity contribution in [3.05, 3.63) is 34.9 Å². The Bertz CT molecular complexity index is 369. The third-order valence-electron chi connectivity index (χ3n) is 2.48. The molecule has 0 aromatic rings. The SMILES string of the molecule is CC(C)=CCC/C(C)=C\CC/C(C=O)=C\C(=O)O. The van der Waals surface area contributed by atoms with Gasteiger partial charge in [-0.05, 0) is 52.0 Å². The van der Waals surface area contributed by atoms with Gasteiger partial charge < -0.3 is 5.11 Å². The second-order valence-corrected chi connectivity index (χ2v) is 4.58. The fourth-order valence-electron chi connectivity index (χ4n) is 1.50. The fraction of sp³-hybridized carbons (Fsp3) is 0.467. The van der Waals surface area contributed by atoms with Gasteiger partial charge in [0.25, 0.3) is 0 Å². The lowest BCUT2D eigenvalue weighted by Gasteiger charge is -2.00. The summed E-state index contributed by atoms with van der Waals surface area (Å²) in [7, 11) is 0. The van der Waals surface area contributed by atoms with Crippen molar-refractivity contribution in [3.8, 4) is 0 Å². The minimum Gasteiger partial charge on any atom is -0.478 e. The first-order valence-corrected chi connectivity index (χ1v) is 6.13. The van der Waals surface area contributed by atoms with Gasteiger partial charge in [-0.2, -0.15) is 0 Å². The number of hydrogen-bond acceptors (Lipinski definition) is 2. The van der Waals surface area contributed by atoms with Gasteiger partial charge in [-0.1, -0.05) is 23.3 Å². The van der Waals surface area contributed by atoms with Crippen LogP contribution in [-0.2, 0) is 9.59 Å². The van der Waals surface area contributed by atoms with Crippen LogP contribution in [0.15, 0.2) is 34.9 Å². The monoisotopic (exact) mass is 250 g/mol. The Morgan fingerprint density at radius 2 is 1.67 bits per heavy atom. The highest BCUT2D eigenvalue weighted by atomic mass is 16.4. The number of aliphatic carboxylic acids is 1. The van der Waals surface area contributed by atoms with E-state index in [0.717, 1.165) is 18.9 Å². The van der Waals surface area contributed by atoms with E-state index in [1.165, 1.54) is 11.1 Å². The van der Waals surface area contributed by atoms with Crippen LogP contribution in [0.5, 0.6) is 0 Å². The maximum absolute atomic E-state index is 10.6. The number of carboxylic acid groups (broad SMARTS) is 1. The minimum atomic E-state index is -1.07. The highest BCUT2D eigenvalue weighted by Crippen LogP contribution is 2.10. The molecule has 0 fully saturated rings. The first-order valence-electron chi connectivity index (χ1n) is 6.13. The van der Waals surface area contributed by atoms with E-state index in [1.807, 2.05) is 0 Å². The second-order valence-electron chi connectivity index (χ2n) is 4.58. The molecule has 3 heteroatoms. The quantitative estimate of drug-likeness (QED) is 0.406. The first kappa shape index (κ1) is 16.4. The number of carboxylic acids is 1. The molecule has 1 N–H and O–H groups in total. The molecule has 0 aliphatic rings. The molecular weight excluding hydrogens is 228 g/mol. The van der Waals surface area contributed by atoms with E-state index in [-0.39, 0.29) is 0 Å². The van der Waals surface area contributed by atoms with Gasteiger partial charge in [0.05, 0.1) is 0 Å². The number of allylic oxidation sites excluding steroid dienone is 5. The number of carbonyl (C=O) groups is 2. The van der Waals surface area contributed by atoms with E-state index in [2.05, 4.69) is 32.9 Å². The third-order valence-corrected chi connectivity index (χ3v) is 2.48. The van der Waals surface area contributed by atoms with E-state index < -0.39 is 5.97 Å². The molecule has 0 aromatic carbocycles. The van der Waals surface area contributed by atoms with Crippen molar-refractivity contribution in [2.24, 2.45) is 0 Å². The van der Waals surface area contributed by atoms with Crippen molar-refractivity contribution in [1.82, 2.24) is 0 Å². The lowest BCUT2D eigenvalue weighted by molar-refractivity contribution is -0.131. The Kier molecular flexibility index (Phi) is 8.54. The molecule has 0 spiro atoms. The summed E-state index contributed by atoms with van der Waals surface area (Å²) >= 11 is 0. The van der Waals surface area contributed by atoms with Gasteiger partial charge in [0.1, 0.15) is 6.29 Å². The van der Waals surface area contributed by atoms with Crippen LogP contribution in [0, 0.1) is 0 Å². The summed E-state index contributed by atoms with van der Waals surface area (Å²) in [6.45, 7) is 6.21. The van der Waals surface area contributed by atoms with Crippen molar-refractivity contribution in [2.75, 3.05) is 0 Å².